The third-order valence-electron chi connectivity index (χ3n) is 5.10. The second-order valence-electron chi connectivity index (χ2n) is 7.34. The lowest BCUT2D eigenvalue weighted by atomic mass is 10.2. The molecule has 1 aromatic heterocycles. The molecule has 0 N–H and O–H groups in total. The summed E-state index contributed by atoms with van der Waals surface area (Å²) in [6, 6.07) is 18.5. The Kier molecular flexibility index (Phi) is 6.74. The number of aryl methyl sites for hydroxylation is 1. The largest absolute Gasteiger partial charge is 0.318 e. The van der Waals surface area contributed by atoms with Gasteiger partial charge in [0.25, 0.3) is 5.91 Å². The number of thiazole rings is 1. The maximum atomic E-state index is 12.9. The van der Waals surface area contributed by atoms with Gasteiger partial charge in [0.15, 0.2) is 4.80 Å². The molecule has 3 aromatic carbocycles. The van der Waals surface area contributed by atoms with E-state index in [2.05, 4.69) is 4.99 Å². The van der Waals surface area contributed by atoms with Crippen LogP contribution in [-0.2, 0) is 23.6 Å². The van der Waals surface area contributed by atoms with Crippen molar-refractivity contribution in [2.75, 3.05) is 7.05 Å². The van der Waals surface area contributed by atoms with Gasteiger partial charge in [0.2, 0.25) is 10.0 Å². The first kappa shape index (κ1) is 23.7. The van der Waals surface area contributed by atoms with E-state index in [-0.39, 0.29) is 17.0 Å². The highest BCUT2D eigenvalue weighted by Gasteiger charge is 2.21. The van der Waals surface area contributed by atoms with E-state index in [0.717, 1.165) is 10.3 Å². The minimum absolute atomic E-state index is 0.100. The van der Waals surface area contributed by atoms with Crippen LogP contribution in [0.5, 0.6) is 0 Å². The molecule has 1 heterocycles. The number of nitrogens with zero attached hydrogens (tertiary/aromatic N) is 3. The standard InChI is InChI=1S/C23H19Cl2N3O3S2/c1-27(14-15-6-4-3-5-7-15)33(30,31)17-10-8-16(9-11-17)22(29)26-23-28(2)20-18(24)12-13-19(25)21(20)32-23/h3-13H,14H2,1-2H3. The Labute approximate surface area is 205 Å². The van der Waals surface area contributed by atoms with E-state index in [1.807, 2.05) is 30.3 Å². The second-order valence-corrected chi connectivity index (χ2v) is 11.2. The summed E-state index contributed by atoms with van der Waals surface area (Å²) in [7, 11) is -0.434. The van der Waals surface area contributed by atoms with Gasteiger partial charge in [0.05, 0.1) is 25.2 Å². The van der Waals surface area contributed by atoms with Crippen molar-refractivity contribution in [2.24, 2.45) is 12.0 Å². The summed E-state index contributed by atoms with van der Waals surface area (Å²) >= 11 is 13.8. The molecule has 0 unspecified atom stereocenters. The number of hydrogen-bond acceptors (Lipinski definition) is 4. The predicted octanol–water partition coefficient (Wildman–Crippen LogP) is 5.11. The SMILES string of the molecule is CN(Cc1ccccc1)S(=O)(=O)c1ccc(C(=O)N=c2sc3c(Cl)ccc(Cl)c3n2C)cc1. The van der Waals surface area contributed by atoms with Gasteiger partial charge in [-0.25, -0.2) is 8.42 Å². The number of benzene rings is 3. The summed E-state index contributed by atoms with van der Waals surface area (Å²) in [6.45, 7) is 0.243. The third kappa shape index (κ3) is 4.76. The average molecular weight is 520 g/mol. The molecule has 0 saturated carbocycles. The number of amides is 1. The molecule has 0 fully saturated rings. The van der Waals surface area contributed by atoms with Gasteiger partial charge in [-0.05, 0) is 42.0 Å². The Balaban J connectivity index is 1.60. The maximum absolute atomic E-state index is 12.9. The van der Waals surface area contributed by atoms with Crippen LogP contribution in [0.3, 0.4) is 0 Å². The highest BCUT2D eigenvalue weighted by molar-refractivity contribution is 7.89. The van der Waals surface area contributed by atoms with Crippen molar-refractivity contribution in [3.8, 4) is 0 Å². The number of halogens is 2. The lowest BCUT2D eigenvalue weighted by Gasteiger charge is -2.17. The van der Waals surface area contributed by atoms with Crippen molar-refractivity contribution in [3.63, 3.8) is 0 Å². The molecule has 1 amide bonds. The number of rotatable bonds is 5. The fourth-order valence-corrected chi connectivity index (χ4v) is 6.13. The Morgan fingerprint density at radius 1 is 1.00 bits per heavy atom. The zero-order valence-electron chi connectivity index (χ0n) is 17.7. The van der Waals surface area contributed by atoms with Crippen molar-refractivity contribution in [1.29, 1.82) is 0 Å². The van der Waals surface area contributed by atoms with Gasteiger partial charge < -0.3 is 4.57 Å². The minimum atomic E-state index is -3.71. The molecule has 10 heteroatoms. The van der Waals surface area contributed by atoms with Crippen molar-refractivity contribution in [3.05, 3.63) is 92.7 Å². The first-order valence-corrected chi connectivity index (χ1v) is 12.8. The molecule has 0 spiro atoms. The minimum Gasteiger partial charge on any atom is -0.318 e. The fourth-order valence-electron chi connectivity index (χ4n) is 3.31. The van der Waals surface area contributed by atoms with Crippen LogP contribution < -0.4 is 4.80 Å². The Hall–Kier alpha value is -2.49. The number of carbonyl (C=O) groups is 1. The van der Waals surface area contributed by atoms with E-state index in [9.17, 15) is 13.2 Å². The molecule has 0 bridgehead atoms. The number of hydrogen-bond donors (Lipinski definition) is 0. The van der Waals surface area contributed by atoms with Crippen LogP contribution in [0, 0.1) is 0 Å². The van der Waals surface area contributed by atoms with Crippen LogP contribution >= 0.6 is 34.5 Å². The number of sulfonamides is 1. The number of carbonyl (C=O) groups excluding carboxylic acids is 1. The number of aromatic nitrogens is 1. The molecule has 4 rings (SSSR count). The summed E-state index contributed by atoms with van der Waals surface area (Å²) in [4.78, 5) is 17.5. The molecule has 6 nitrogen and oxygen atoms in total. The van der Waals surface area contributed by atoms with Gasteiger partial charge in [-0.3, -0.25) is 4.79 Å². The lowest BCUT2D eigenvalue weighted by molar-refractivity contribution is 0.0998. The molecule has 0 atom stereocenters. The van der Waals surface area contributed by atoms with Gasteiger partial charge in [-0.1, -0.05) is 64.9 Å². The molecule has 170 valence electrons. The molecular formula is C23H19Cl2N3O3S2. The van der Waals surface area contributed by atoms with Gasteiger partial charge >= 0.3 is 0 Å². The first-order chi connectivity index (χ1) is 15.7. The zero-order chi connectivity index (χ0) is 23.8. The lowest BCUT2D eigenvalue weighted by Crippen LogP contribution is -2.26. The molecule has 0 aliphatic carbocycles. The van der Waals surface area contributed by atoms with Crippen molar-refractivity contribution < 1.29 is 13.2 Å². The molecule has 0 radical (unpaired) electrons. The van der Waals surface area contributed by atoms with E-state index in [4.69, 9.17) is 23.2 Å². The Bertz CT molecular complexity index is 1510. The topological polar surface area (TPSA) is 71.7 Å². The van der Waals surface area contributed by atoms with Gasteiger partial charge in [-0.15, -0.1) is 0 Å². The fraction of sp³-hybridized carbons (Fsp3) is 0.130. The highest BCUT2D eigenvalue weighted by Crippen LogP contribution is 2.31. The summed E-state index contributed by atoms with van der Waals surface area (Å²) in [6.07, 6.45) is 0. The van der Waals surface area contributed by atoms with Crippen LogP contribution in [0.25, 0.3) is 10.2 Å². The van der Waals surface area contributed by atoms with Crippen molar-refractivity contribution in [1.82, 2.24) is 8.87 Å². The monoisotopic (exact) mass is 519 g/mol. The van der Waals surface area contributed by atoms with Crippen molar-refractivity contribution >= 4 is 60.7 Å². The Morgan fingerprint density at radius 2 is 1.64 bits per heavy atom. The quantitative estimate of drug-likeness (QED) is 0.367. The summed E-state index contributed by atoms with van der Waals surface area (Å²) in [5.41, 5.74) is 1.85. The second kappa shape index (κ2) is 9.40. The summed E-state index contributed by atoms with van der Waals surface area (Å²) < 4.78 is 29.5. The van der Waals surface area contributed by atoms with E-state index in [1.54, 1.807) is 23.7 Å². The molecular weight excluding hydrogens is 501 g/mol. The number of fused-ring (bicyclic) bond motifs is 1. The van der Waals surface area contributed by atoms with E-state index in [0.29, 0.717) is 20.4 Å². The maximum Gasteiger partial charge on any atom is 0.279 e. The average Bonchev–Trinajstić information content (AvgIpc) is 3.14. The van der Waals surface area contributed by atoms with E-state index < -0.39 is 15.9 Å². The first-order valence-electron chi connectivity index (χ1n) is 9.81. The third-order valence-corrected chi connectivity index (χ3v) is 8.82. The highest BCUT2D eigenvalue weighted by atomic mass is 35.5. The molecule has 4 aromatic rings. The van der Waals surface area contributed by atoms with Gasteiger partial charge in [-0.2, -0.15) is 9.30 Å². The zero-order valence-corrected chi connectivity index (χ0v) is 20.8. The van der Waals surface area contributed by atoms with Gasteiger partial charge in [0.1, 0.15) is 0 Å². The Morgan fingerprint density at radius 3 is 2.27 bits per heavy atom. The molecule has 33 heavy (non-hydrogen) atoms. The van der Waals surface area contributed by atoms with Crippen LogP contribution in [0.1, 0.15) is 15.9 Å². The molecule has 0 saturated heterocycles. The molecule has 0 aliphatic heterocycles. The van der Waals surface area contributed by atoms with Crippen LogP contribution in [0.15, 0.2) is 76.6 Å². The normalized spacial score (nSPS) is 12.6. The summed E-state index contributed by atoms with van der Waals surface area (Å²) in [5, 5.41) is 1.04. The van der Waals surface area contributed by atoms with Crippen LogP contribution in [0.2, 0.25) is 10.0 Å². The van der Waals surface area contributed by atoms with Gasteiger partial charge in [0, 0.05) is 26.2 Å². The van der Waals surface area contributed by atoms with Crippen LogP contribution in [-0.4, -0.2) is 30.2 Å². The smallest absolute Gasteiger partial charge is 0.279 e. The van der Waals surface area contributed by atoms with E-state index >= 15 is 0 Å². The summed E-state index contributed by atoms with van der Waals surface area (Å²) in [5.74, 6) is -0.494. The van der Waals surface area contributed by atoms with E-state index in [1.165, 1.54) is 47.0 Å². The molecule has 0 aliphatic rings. The predicted molar refractivity (Wildman–Crippen MR) is 132 cm³/mol. The van der Waals surface area contributed by atoms with Crippen molar-refractivity contribution in [2.45, 2.75) is 11.4 Å². The van der Waals surface area contributed by atoms with Crippen LogP contribution in [0.4, 0.5) is 0 Å².